The predicted octanol–water partition coefficient (Wildman–Crippen LogP) is 3.42. The molecule has 0 bridgehead atoms. The van der Waals surface area contributed by atoms with E-state index >= 15 is 0 Å². The van der Waals surface area contributed by atoms with E-state index in [1.807, 2.05) is 0 Å². The number of halogens is 1. The molecule has 0 aliphatic heterocycles. The Morgan fingerprint density at radius 1 is 1.15 bits per heavy atom. The molecule has 170 valence electrons. The van der Waals surface area contributed by atoms with Gasteiger partial charge < -0.3 is 23.9 Å². The molecule has 10 nitrogen and oxygen atoms in total. The van der Waals surface area contributed by atoms with Crippen LogP contribution in [0.5, 0.6) is 11.5 Å². The molecule has 2 heterocycles. The summed E-state index contributed by atoms with van der Waals surface area (Å²) in [6.07, 6.45) is 0. The molecule has 12 heteroatoms. The van der Waals surface area contributed by atoms with Gasteiger partial charge >= 0.3 is 0 Å². The highest BCUT2D eigenvalue weighted by Gasteiger charge is 2.19. The summed E-state index contributed by atoms with van der Waals surface area (Å²) >= 11 is 1.19. The maximum Gasteiger partial charge on any atom is 0.296 e. The molecule has 1 amide bonds. The van der Waals surface area contributed by atoms with Gasteiger partial charge in [-0.25, -0.2) is 4.39 Å². The van der Waals surface area contributed by atoms with Gasteiger partial charge in [-0.3, -0.25) is 4.79 Å². The molecular formula is C21H19FN6O4S. The summed E-state index contributed by atoms with van der Waals surface area (Å²) in [5.41, 5.74) is 1.10. The van der Waals surface area contributed by atoms with Crippen LogP contribution < -0.4 is 14.8 Å². The molecule has 4 aromatic rings. The first-order valence-corrected chi connectivity index (χ1v) is 10.6. The Morgan fingerprint density at radius 2 is 1.94 bits per heavy atom. The second kappa shape index (κ2) is 9.69. The number of methoxy groups -OCH3 is 2. The van der Waals surface area contributed by atoms with E-state index in [0.717, 1.165) is 0 Å². The van der Waals surface area contributed by atoms with Gasteiger partial charge in [-0.1, -0.05) is 16.9 Å². The lowest BCUT2D eigenvalue weighted by molar-refractivity contribution is -0.113. The number of carbonyl (C=O) groups excluding carboxylic acids is 1. The summed E-state index contributed by atoms with van der Waals surface area (Å²) in [6, 6.07) is 10.9. The molecule has 0 spiro atoms. The van der Waals surface area contributed by atoms with Crippen molar-refractivity contribution in [2.75, 3.05) is 25.3 Å². The summed E-state index contributed by atoms with van der Waals surface area (Å²) in [5.74, 6) is 1.37. The van der Waals surface area contributed by atoms with Crippen LogP contribution in [-0.2, 0) is 11.8 Å². The lowest BCUT2D eigenvalue weighted by atomic mass is 10.2. The van der Waals surface area contributed by atoms with E-state index in [-0.39, 0.29) is 23.4 Å². The lowest BCUT2D eigenvalue weighted by Gasteiger charge is -2.11. The van der Waals surface area contributed by atoms with Crippen LogP contribution in [0.25, 0.3) is 23.1 Å². The second-order valence-electron chi connectivity index (χ2n) is 6.70. The summed E-state index contributed by atoms with van der Waals surface area (Å²) in [6.45, 7) is 0. The van der Waals surface area contributed by atoms with Crippen molar-refractivity contribution in [2.24, 2.45) is 7.05 Å². The molecule has 0 unspecified atom stereocenters. The molecule has 0 fully saturated rings. The first kappa shape index (κ1) is 22.3. The summed E-state index contributed by atoms with van der Waals surface area (Å²) < 4.78 is 30.5. The Balaban J connectivity index is 1.43. The average Bonchev–Trinajstić information content (AvgIpc) is 3.45. The van der Waals surface area contributed by atoms with Gasteiger partial charge in [0, 0.05) is 18.7 Å². The SMILES string of the molecule is COc1ccc(OC)c(NC(=O)CSc2nnc(-c3nc(-c4ccc(F)cc4)no3)n2C)c1. The normalized spacial score (nSPS) is 10.8. The number of hydrogen-bond donors (Lipinski definition) is 1. The van der Waals surface area contributed by atoms with Gasteiger partial charge in [0.25, 0.3) is 5.89 Å². The average molecular weight is 470 g/mol. The van der Waals surface area contributed by atoms with Crippen molar-refractivity contribution in [3.63, 3.8) is 0 Å². The van der Waals surface area contributed by atoms with E-state index in [2.05, 4.69) is 25.7 Å². The number of nitrogens with one attached hydrogen (secondary N) is 1. The fourth-order valence-corrected chi connectivity index (χ4v) is 3.60. The van der Waals surface area contributed by atoms with Crippen LogP contribution in [0.3, 0.4) is 0 Å². The molecular weight excluding hydrogens is 451 g/mol. The molecule has 0 aliphatic carbocycles. The number of anilines is 1. The Hall–Kier alpha value is -3.93. The zero-order valence-electron chi connectivity index (χ0n) is 17.9. The summed E-state index contributed by atoms with van der Waals surface area (Å²) in [7, 11) is 4.79. The van der Waals surface area contributed by atoms with E-state index in [4.69, 9.17) is 14.0 Å². The number of aromatic nitrogens is 5. The van der Waals surface area contributed by atoms with Gasteiger partial charge in [0.1, 0.15) is 17.3 Å². The van der Waals surface area contributed by atoms with E-state index in [1.54, 1.807) is 49.1 Å². The quantitative estimate of drug-likeness (QED) is 0.387. The van der Waals surface area contributed by atoms with Gasteiger partial charge in [0.05, 0.1) is 25.7 Å². The molecule has 1 N–H and O–H groups in total. The molecule has 2 aromatic carbocycles. The number of hydrogen-bond acceptors (Lipinski definition) is 9. The molecule has 33 heavy (non-hydrogen) atoms. The number of rotatable bonds is 8. The monoisotopic (exact) mass is 470 g/mol. The van der Waals surface area contributed by atoms with E-state index in [0.29, 0.717) is 39.6 Å². The zero-order chi connectivity index (χ0) is 23.4. The van der Waals surface area contributed by atoms with E-state index < -0.39 is 0 Å². The van der Waals surface area contributed by atoms with Crippen LogP contribution >= 0.6 is 11.8 Å². The van der Waals surface area contributed by atoms with Crippen molar-refractivity contribution >= 4 is 23.4 Å². The standard InChI is InChI=1S/C21H19FN6O4S/c1-28-19(20-24-18(27-32-20)12-4-6-13(22)7-5-12)25-26-21(28)33-11-17(29)23-15-10-14(30-2)8-9-16(15)31-3/h4-10H,11H2,1-3H3,(H,23,29). The minimum atomic E-state index is -0.355. The molecule has 0 saturated heterocycles. The van der Waals surface area contributed by atoms with Crippen molar-refractivity contribution in [1.29, 1.82) is 0 Å². The van der Waals surface area contributed by atoms with Crippen LogP contribution in [-0.4, -0.2) is 50.8 Å². The third-order valence-corrected chi connectivity index (χ3v) is 5.59. The minimum Gasteiger partial charge on any atom is -0.497 e. The molecule has 0 radical (unpaired) electrons. The maximum atomic E-state index is 13.1. The Morgan fingerprint density at radius 3 is 2.67 bits per heavy atom. The predicted molar refractivity (Wildman–Crippen MR) is 119 cm³/mol. The number of thioether (sulfide) groups is 1. The molecule has 0 atom stereocenters. The first-order chi connectivity index (χ1) is 16.0. The smallest absolute Gasteiger partial charge is 0.296 e. The third kappa shape index (κ3) is 4.95. The molecule has 2 aromatic heterocycles. The van der Waals surface area contributed by atoms with Crippen molar-refractivity contribution < 1.29 is 23.2 Å². The van der Waals surface area contributed by atoms with E-state index in [9.17, 15) is 9.18 Å². The number of benzene rings is 2. The summed E-state index contributed by atoms with van der Waals surface area (Å²) in [5, 5.41) is 15.4. The van der Waals surface area contributed by atoms with Crippen LogP contribution in [0.15, 0.2) is 52.1 Å². The Bertz CT molecular complexity index is 1270. The van der Waals surface area contributed by atoms with Gasteiger partial charge in [0.15, 0.2) is 5.16 Å². The van der Waals surface area contributed by atoms with Crippen molar-refractivity contribution in [2.45, 2.75) is 5.16 Å². The van der Waals surface area contributed by atoms with Gasteiger partial charge in [-0.05, 0) is 36.4 Å². The second-order valence-corrected chi connectivity index (χ2v) is 7.64. The van der Waals surface area contributed by atoms with Crippen LogP contribution in [0, 0.1) is 5.82 Å². The van der Waals surface area contributed by atoms with E-state index in [1.165, 1.54) is 31.0 Å². The van der Waals surface area contributed by atoms with Crippen LogP contribution in [0.2, 0.25) is 0 Å². The highest BCUT2D eigenvalue weighted by atomic mass is 32.2. The largest absolute Gasteiger partial charge is 0.497 e. The van der Waals surface area contributed by atoms with Gasteiger partial charge in [-0.2, -0.15) is 4.98 Å². The molecule has 0 saturated carbocycles. The Labute approximate surface area is 192 Å². The van der Waals surface area contributed by atoms with Crippen molar-refractivity contribution in [1.82, 2.24) is 24.9 Å². The minimum absolute atomic E-state index is 0.0804. The number of amides is 1. The first-order valence-electron chi connectivity index (χ1n) is 9.62. The highest BCUT2D eigenvalue weighted by Crippen LogP contribution is 2.29. The maximum absolute atomic E-state index is 13.1. The van der Waals surface area contributed by atoms with Crippen LogP contribution in [0.4, 0.5) is 10.1 Å². The Kier molecular flexibility index (Phi) is 6.54. The van der Waals surface area contributed by atoms with Crippen molar-refractivity contribution in [3.8, 4) is 34.6 Å². The van der Waals surface area contributed by atoms with Gasteiger partial charge in [0.2, 0.25) is 17.6 Å². The zero-order valence-corrected chi connectivity index (χ0v) is 18.7. The van der Waals surface area contributed by atoms with Crippen molar-refractivity contribution in [3.05, 3.63) is 48.3 Å². The lowest BCUT2D eigenvalue weighted by Crippen LogP contribution is -2.15. The number of carbonyl (C=O) groups is 1. The molecule has 0 aliphatic rings. The van der Waals surface area contributed by atoms with Gasteiger partial charge in [-0.15, -0.1) is 10.2 Å². The number of nitrogens with zero attached hydrogens (tertiary/aromatic N) is 5. The van der Waals surface area contributed by atoms with Crippen LogP contribution in [0.1, 0.15) is 0 Å². The topological polar surface area (TPSA) is 117 Å². The third-order valence-electron chi connectivity index (χ3n) is 4.57. The highest BCUT2D eigenvalue weighted by molar-refractivity contribution is 7.99. The number of ether oxygens (including phenoxy) is 2. The fourth-order valence-electron chi connectivity index (χ4n) is 2.89. The molecule has 4 rings (SSSR count). The summed E-state index contributed by atoms with van der Waals surface area (Å²) in [4.78, 5) is 16.8. The fraction of sp³-hybridized carbons (Fsp3) is 0.190.